The smallest absolute Gasteiger partial charge is 0.130 e. The Morgan fingerprint density at radius 2 is 2.06 bits per heavy atom. The minimum atomic E-state index is 0.657. The molecule has 0 aliphatic heterocycles. The standard InChI is InChI=1S/C15H16N2S/c1-10-16-14(9-15(18)17-10)13-8-3-2-7-12(13)11-5-4-6-11/h2-3,7-9,11H,4-6H2,1H3,(H,16,17,18). The number of benzene rings is 1. The van der Waals surface area contributed by atoms with Gasteiger partial charge in [0.15, 0.2) is 0 Å². The molecule has 3 heteroatoms. The van der Waals surface area contributed by atoms with Gasteiger partial charge in [-0.1, -0.05) is 42.9 Å². The van der Waals surface area contributed by atoms with E-state index in [1.807, 2.05) is 13.0 Å². The monoisotopic (exact) mass is 256 g/mol. The van der Waals surface area contributed by atoms with Crippen LogP contribution in [0.3, 0.4) is 0 Å². The molecule has 0 radical (unpaired) electrons. The van der Waals surface area contributed by atoms with Crippen LogP contribution in [0.25, 0.3) is 11.3 Å². The van der Waals surface area contributed by atoms with Gasteiger partial charge < -0.3 is 4.98 Å². The molecule has 1 fully saturated rings. The van der Waals surface area contributed by atoms with Crippen molar-refractivity contribution in [2.24, 2.45) is 0 Å². The third-order valence-electron chi connectivity index (χ3n) is 3.66. The lowest BCUT2D eigenvalue weighted by atomic mass is 9.78. The van der Waals surface area contributed by atoms with Gasteiger partial charge in [0, 0.05) is 11.3 Å². The van der Waals surface area contributed by atoms with E-state index in [2.05, 4.69) is 34.2 Å². The second kappa shape index (κ2) is 4.65. The van der Waals surface area contributed by atoms with E-state index in [-0.39, 0.29) is 0 Å². The normalized spacial score (nSPS) is 15.4. The Balaban J connectivity index is 2.13. The summed E-state index contributed by atoms with van der Waals surface area (Å²) in [6.07, 6.45) is 3.97. The van der Waals surface area contributed by atoms with Crippen molar-refractivity contribution in [2.75, 3.05) is 0 Å². The molecule has 1 aromatic heterocycles. The van der Waals surface area contributed by atoms with Gasteiger partial charge in [0.1, 0.15) is 10.5 Å². The van der Waals surface area contributed by atoms with E-state index in [4.69, 9.17) is 12.2 Å². The van der Waals surface area contributed by atoms with E-state index in [0.29, 0.717) is 4.64 Å². The molecule has 92 valence electrons. The zero-order valence-electron chi connectivity index (χ0n) is 10.4. The van der Waals surface area contributed by atoms with E-state index < -0.39 is 0 Å². The molecule has 0 unspecified atom stereocenters. The first-order valence-electron chi connectivity index (χ1n) is 6.41. The van der Waals surface area contributed by atoms with Gasteiger partial charge >= 0.3 is 0 Å². The maximum Gasteiger partial charge on any atom is 0.130 e. The lowest BCUT2D eigenvalue weighted by Crippen LogP contribution is -2.10. The van der Waals surface area contributed by atoms with Crippen LogP contribution in [0.5, 0.6) is 0 Å². The molecule has 3 rings (SSSR count). The third-order valence-corrected chi connectivity index (χ3v) is 3.87. The second-order valence-corrected chi connectivity index (χ2v) is 5.35. The molecule has 0 atom stereocenters. The first kappa shape index (κ1) is 11.6. The largest absolute Gasteiger partial charge is 0.343 e. The van der Waals surface area contributed by atoms with Crippen LogP contribution in [-0.2, 0) is 0 Å². The number of nitrogens with one attached hydrogen (secondary N) is 1. The summed E-state index contributed by atoms with van der Waals surface area (Å²) in [5, 5.41) is 0. The Morgan fingerprint density at radius 1 is 1.28 bits per heavy atom. The minimum absolute atomic E-state index is 0.657. The highest BCUT2D eigenvalue weighted by molar-refractivity contribution is 7.71. The summed E-state index contributed by atoms with van der Waals surface area (Å²) in [5.74, 6) is 1.59. The Kier molecular flexibility index (Phi) is 3.00. The molecule has 0 amide bonds. The van der Waals surface area contributed by atoms with Gasteiger partial charge in [-0.2, -0.15) is 0 Å². The van der Waals surface area contributed by atoms with Crippen molar-refractivity contribution in [1.29, 1.82) is 0 Å². The summed E-state index contributed by atoms with van der Waals surface area (Å²) in [6.45, 7) is 1.95. The summed E-state index contributed by atoms with van der Waals surface area (Å²) in [5.41, 5.74) is 3.81. The van der Waals surface area contributed by atoms with Crippen molar-refractivity contribution >= 4 is 12.2 Å². The van der Waals surface area contributed by atoms with Gasteiger partial charge in [-0.15, -0.1) is 0 Å². The summed E-state index contributed by atoms with van der Waals surface area (Å²) in [7, 11) is 0. The van der Waals surface area contributed by atoms with Gasteiger partial charge in [-0.3, -0.25) is 0 Å². The fraction of sp³-hybridized carbons (Fsp3) is 0.333. The van der Waals surface area contributed by atoms with Gasteiger partial charge in [-0.05, 0) is 37.3 Å². The van der Waals surface area contributed by atoms with Crippen LogP contribution < -0.4 is 0 Å². The van der Waals surface area contributed by atoms with E-state index in [9.17, 15) is 0 Å². The zero-order chi connectivity index (χ0) is 12.5. The van der Waals surface area contributed by atoms with Gasteiger partial charge in [0.25, 0.3) is 0 Å². The fourth-order valence-electron chi connectivity index (χ4n) is 2.54. The van der Waals surface area contributed by atoms with Crippen LogP contribution in [0.15, 0.2) is 30.3 Å². The quantitative estimate of drug-likeness (QED) is 0.808. The Bertz CT molecular complexity index is 626. The van der Waals surface area contributed by atoms with Crippen molar-refractivity contribution in [3.8, 4) is 11.3 Å². The van der Waals surface area contributed by atoms with Crippen LogP contribution in [0, 0.1) is 11.6 Å². The highest BCUT2D eigenvalue weighted by Crippen LogP contribution is 2.40. The van der Waals surface area contributed by atoms with Crippen molar-refractivity contribution in [2.45, 2.75) is 32.1 Å². The molecule has 1 saturated carbocycles. The zero-order valence-corrected chi connectivity index (χ0v) is 11.3. The van der Waals surface area contributed by atoms with Gasteiger partial charge in [0.05, 0.1) is 0 Å². The fourth-order valence-corrected chi connectivity index (χ4v) is 2.80. The number of aryl methyl sites for hydroxylation is 1. The van der Waals surface area contributed by atoms with Gasteiger partial charge in [0.2, 0.25) is 0 Å². The van der Waals surface area contributed by atoms with Crippen LogP contribution in [0.2, 0.25) is 0 Å². The lowest BCUT2D eigenvalue weighted by molar-refractivity contribution is 0.420. The molecule has 2 nitrogen and oxygen atoms in total. The molecule has 2 aromatic rings. The first-order valence-corrected chi connectivity index (χ1v) is 6.82. The molecule has 1 aromatic carbocycles. The van der Waals surface area contributed by atoms with Crippen molar-refractivity contribution < 1.29 is 0 Å². The molecule has 0 spiro atoms. The Hall–Kier alpha value is -1.48. The van der Waals surface area contributed by atoms with E-state index >= 15 is 0 Å². The highest BCUT2D eigenvalue weighted by Gasteiger charge is 2.22. The van der Waals surface area contributed by atoms with Crippen molar-refractivity contribution in [3.63, 3.8) is 0 Å². The second-order valence-electron chi connectivity index (χ2n) is 4.93. The molecule has 1 N–H and O–H groups in total. The molecule has 1 heterocycles. The summed E-state index contributed by atoms with van der Waals surface area (Å²) in [4.78, 5) is 7.56. The molecule has 0 saturated heterocycles. The number of aromatic amines is 1. The van der Waals surface area contributed by atoms with E-state index in [1.165, 1.54) is 30.4 Å². The van der Waals surface area contributed by atoms with Crippen LogP contribution >= 0.6 is 12.2 Å². The maximum absolute atomic E-state index is 5.21. The number of rotatable bonds is 2. The highest BCUT2D eigenvalue weighted by atomic mass is 32.1. The average Bonchev–Trinajstić information content (AvgIpc) is 2.26. The van der Waals surface area contributed by atoms with E-state index in [0.717, 1.165) is 17.4 Å². The number of H-pyrrole nitrogens is 1. The van der Waals surface area contributed by atoms with Crippen LogP contribution in [0.1, 0.15) is 36.6 Å². The molecule has 18 heavy (non-hydrogen) atoms. The summed E-state index contributed by atoms with van der Waals surface area (Å²) in [6, 6.07) is 10.6. The third kappa shape index (κ3) is 2.10. The number of aromatic nitrogens is 2. The SMILES string of the molecule is Cc1nc(=S)cc(-c2ccccc2C2CCC2)[nH]1. The molecular weight excluding hydrogens is 240 g/mol. The van der Waals surface area contributed by atoms with Crippen LogP contribution in [-0.4, -0.2) is 9.97 Å². The number of nitrogens with zero attached hydrogens (tertiary/aromatic N) is 1. The number of hydrogen-bond acceptors (Lipinski definition) is 2. The maximum atomic E-state index is 5.21. The van der Waals surface area contributed by atoms with Crippen LogP contribution in [0.4, 0.5) is 0 Å². The van der Waals surface area contributed by atoms with E-state index in [1.54, 1.807) is 0 Å². The predicted octanol–water partition coefficient (Wildman–Crippen LogP) is 4.38. The Labute approximate surface area is 112 Å². The molecule has 1 aliphatic rings. The molecule has 0 bridgehead atoms. The molecule has 1 aliphatic carbocycles. The van der Waals surface area contributed by atoms with Crippen molar-refractivity contribution in [3.05, 3.63) is 46.4 Å². The Morgan fingerprint density at radius 3 is 2.72 bits per heavy atom. The minimum Gasteiger partial charge on any atom is -0.343 e. The number of hydrogen-bond donors (Lipinski definition) is 1. The predicted molar refractivity (Wildman–Crippen MR) is 76.2 cm³/mol. The van der Waals surface area contributed by atoms with Gasteiger partial charge in [-0.25, -0.2) is 4.98 Å². The lowest BCUT2D eigenvalue weighted by Gasteiger charge is -2.28. The average molecular weight is 256 g/mol. The first-order chi connectivity index (χ1) is 8.74. The van der Waals surface area contributed by atoms with Crippen molar-refractivity contribution in [1.82, 2.24) is 9.97 Å². The summed E-state index contributed by atoms with van der Waals surface area (Å²) < 4.78 is 0.657. The molecular formula is C15H16N2S. The summed E-state index contributed by atoms with van der Waals surface area (Å²) >= 11 is 5.21. The topological polar surface area (TPSA) is 28.7 Å².